The van der Waals surface area contributed by atoms with Crippen LogP contribution in [0, 0.1) is 0 Å². The molecule has 4 N–H and O–H groups in total. The van der Waals surface area contributed by atoms with Crippen molar-refractivity contribution in [2.75, 3.05) is 36.6 Å². The van der Waals surface area contributed by atoms with E-state index in [0.717, 1.165) is 12.4 Å². The van der Waals surface area contributed by atoms with Gasteiger partial charge in [0.25, 0.3) is 0 Å². The quantitative estimate of drug-likeness (QED) is 0.783. The number of hydrogen-bond acceptors (Lipinski definition) is 5. The van der Waals surface area contributed by atoms with Gasteiger partial charge in [0.05, 0.1) is 12.3 Å². The van der Waals surface area contributed by atoms with Crippen LogP contribution in [0.2, 0.25) is 0 Å². The van der Waals surface area contributed by atoms with Crippen molar-refractivity contribution in [2.45, 2.75) is 19.9 Å². The summed E-state index contributed by atoms with van der Waals surface area (Å²) in [6.07, 6.45) is 0. The molecule has 5 heteroatoms. The fourth-order valence-corrected chi connectivity index (χ4v) is 1.46. The molecule has 1 heterocycles. The summed E-state index contributed by atoms with van der Waals surface area (Å²) in [7, 11) is 1.68. The standard InChI is InChI=1S/C11H20N4O/c1-8(2)15(6-7-16-3)10-5-4-9(12)11(13)14-10/h4-5,8H,6-7,12H2,1-3H3,(H2,13,14). The van der Waals surface area contributed by atoms with E-state index in [2.05, 4.69) is 23.7 Å². The lowest BCUT2D eigenvalue weighted by Gasteiger charge is -2.27. The smallest absolute Gasteiger partial charge is 0.149 e. The zero-order chi connectivity index (χ0) is 12.1. The van der Waals surface area contributed by atoms with Crippen molar-refractivity contribution >= 4 is 17.3 Å². The first-order valence-corrected chi connectivity index (χ1v) is 5.33. The molecule has 0 aliphatic carbocycles. The Morgan fingerprint density at radius 2 is 2.06 bits per heavy atom. The second kappa shape index (κ2) is 5.55. The summed E-state index contributed by atoms with van der Waals surface area (Å²) >= 11 is 0. The summed E-state index contributed by atoms with van der Waals surface area (Å²) in [4.78, 5) is 6.39. The molecule has 0 aromatic carbocycles. The van der Waals surface area contributed by atoms with Gasteiger partial charge in [-0.2, -0.15) is 0 Å². The number of rotatable bonds is 5. The summed E-state index contributed by atoms with van der Waals surface area (Å²) in [6.45, 7) is 5.64. The van der Waals surface area contributed by atoms with Crippen molar-refractivity contribution in [1.82, 2.24) is 4.98 Å². The highest BCUT2D eigenvalue weighted by molar-refractivity contribution is 5.62. The summed E-state index contributed by atoms with van der Waals surface area (Å²) in [6, 6.07) is 3.99. The maximum Gasteiger partial charge on any atom is 0.149 e. The molecule has 0 saturated heterocycles. The molecular formula is C11H20N4O. The molecular weight excluding hydrogens is 204 g/mol. The second-order valence-electron chi connectivity index (χ2n) is 3.92. The van der Waals surface area contributed by atoms with Crippen LogP contribution in [0.3, 0.4) is 0 Å². The highest BCUT2D eigenvalue weighted by Crippen LogP contribution is 2.19. The van der Waals surface area contributed by atoms with Gasteiger partial charge in [0.1, 0.15) is 11.6 Å². The predicted octanol–water partition coefficient (Wildman–Crippen LogP) is 1.11. The minimum atomic E-state index is 0.339. The van der Waals surface area contributed by atoms with E-state index in [-0.39, 0.29) is 0 Å². The zero-order valence-corrected chi connectivity index (χ0v) is 10.1. The van der Waals surface area contributed by atoms with Crippen LogP contribution in [0.25, 0.3) is 0 Å². The van der Waals surface area contributed by atoms with Gasteiger partial charge in [0.2, 0.25) is 0 Å². The molecule has 0 fully saturated rings. The number of ether oxygens (including phenoxy) is 1. The lowest BCUT2D eigenvalue weighted by atomic mass is 10.3. The first-order valence-electron chi connectivity index (χ1n) is 5.33. The fraction of sp³-hybridized carbons (Fsp3) is 0.545. The van der Waals surface area contributed by atoms with E-state index in [1.807, 2.05) is 6.07 Å². The topological polar surface area (TPSA) is 77.4 Å². The summed E-state index contributed by atoms with van der Waals surface area (Å²) in [5.41, 5.74) is 11.8. The molecule has 16 heavy (non-hydrogen) atoms. The van der Waals surface area contributed by atoms with Crippen LogP contribution in [-0.4, -0.2) is 31.3 Å². The van der Waals surface area contributed by atoms with Crippen LogP contribution in [0.1, 0.15) is 13.8 Å². The third kappa shape index (κ3) is 3.00. The Kier molecular flexibility index (Phi) is 4.37. The van der Waals surface area contributed by atoms with Gasteiger partial charge in [-0.3, -0.25) is 0 Å². The van der Waals surface area contributed by atoms with Crippen LogP contribution in [0.4, 0.5) is 17.3 Å². The molecule has 1 aromatic rings. The molecule has 5 nitrogen and oxygen atoms in total. The Morgan fingerprint density at radius 3 is 2.56 bits per heavy atom. The Morgan fingerprint density at radius 1 is 1.38 bits per heavy atom. The van der Waals surface area contributed by atoms with Crippen molar-refractivity contribution in [2.24, 2.45) is 0 Å². The van der Waals surface area contributed by atoms with Gasteiger partial charge < -0.3 is 21.1 Å². The van der Waals surface area contributed by atoms with Crippen molar-refractivity contribution in [3.63, 3.8) is 0 Å². The molecule has 0 saturated carbocycles. The Bertz CT molecular complexity index is 341. The van der Waals surface area contributed by atoms with E-state index in [0.29, 0.717) is 24.2 Å². The van der Waals surface area contributed by atoms with Gasteiger partial charge in [0, 0.05) is 19.7 Å². The first kappa shape index (κ1) is 12.6. The predicted molar refractivity (Wildman–Crippen MR) is 67.4 cm³/mol. The summed E-state index contributed by atoms with van der Waals surface area (Å²) in [5, 5.41) is 0. The lowest BCUT2D eigenvalue weighted by molar-refractivity contribution is 0.203. The molecule has 0 radical (unpaired) electrons. The number of anilines is 3. The third-order valence-corrected chi connectivity index (χ3v) is 2.40. The number of nitrogens with zero attached hydrogens (tertiary/aromatic N) is 2. The van der Waals surface area contributed by atoms with Crippen LogP contribution in [-0.2, 0) is 4.74 Å². The molecule has 0 aliphatic rings. The van der Waals surface area contributed by atoms with E-state index in [1.54, 1.807) is 13.2 Å². The summed E-state index contributed by atoms with van der Waals surface area (Å²) in [5.74, 6) is 1.21. The van der Waals surface area contributed by atoms with Crippen LogP contribution >= 0.6 is 0 Å². The minimum absolute atomic E-state index is 0.339. The number of aromatic nitrogens is 1. The van der Waals surface area contributed by atoms with Gasteiger partial charge in [-0.1, -0.05) is 0 Å². The largest absolute Gasteiger partial charge is 0.396 e. The molecule has 1 rings (SSSR count). The van der Waals surface area contributed by atoms with Gasteiger partial charge >= 0.3 is 0 Å². The van der Waals surface area contributed by atoms with E-state index in [1.165, 1.54) is 0 Å². The molecule has 0 spiro atoms. The Hall–Kier alpha value is -1.49. The molecule has 0 aliphatic heterocycles. The highest BCUT2D eigenvalue weighted by Gasteiger charge is 2.12. The highest BCUT2D eigenvalue weighted by atomic mass is 16.5. The van der Waals surface area contributed by atoms with E-state index in [9.17, 15) is 0 Å². The Balaban J connectivity index is 2.88. The SMILES string of the molecule is COCCN(c1ccc(N)c(N)n1)C(C)C. The minimum Gasteiger partial charge on any atom is -0.396 e. The van der Waals surface area contributed by atoms with Crippen molar-refractivity contribution in [1.29, 1.82) is 0 Å². The number of nitrogens with two attached hydrogens (primary N) is 2. The average molecular weight is 224 g/mol. The van der Waals surface area contributed by atoms with Gasteiger partial charge in [0.15, 0.2) is 0 Å². The molecule has 1 aromatic heterocycles. The number of hydrogen-bond donors (Lipinski definition) is 2. The van der Waals surface area contributed by atoms with E-state index < -0.39 is 0 Å². The van der Waals surface area contributed by atoms with E-state index in [4.69, 9.17) is 16.2 Å². The lowest BCUT2D eigenvalue weighted by Crippen LogP contribution is -2.34. The van der Waals surface area contributed by atoms with Crippen LogP contribution in [0.5, 0.6) is 0 Å². The molecule has 0 amide bonds. The normalized spacial score (nSPS) is 10.8. The van der Waals surface area contributed by atoms with Gasteiger partial charge in [-0.05, 0) is 26.0 Å². The molecule has 0 bridgehead atoms. The van der Waals surface area contributed by atoms with Crippen molar-refractivity contribution in [3.05, 3.63) is 12.1 Å². The van der Waals surface area contributed by atoms with Crippen LogP contribution in [0.15, 0.2) is 12.1 Å². The van der Waals surface area contributed by atoms with Crippen molar-refractivity contribution < 1.29 is 4.74 Å². The molecule has 0 atom stereocenters. The number of methoxy groups -OCH3 is 1. The molecule has 90 valence electrons. The monoisotopic (exact) mass is 224 g/mol. The van der Waals surface area contributed by atoms with Gasteiger partial charge in [-0.25, -0.2) is 4.98 Å². The number of nitrogen functional groups attached to an aromatic ring is 2. The van der Waals surface area contributed by atoms with Gasteiger partial charge in [-0.15, -0.1) is 0 Å². The maximum atomic E-state index is 5.69. The summed E-state index contributed by atoms with van der Waals surface area (Å²) < 4.78 is 5.07. The maximum absolute atomic E-state index is 5.69. The Labute approximate surface area is 96.4 Å². The van der Waals surface area contributed by atoms with E-state index >= 15 is 0 Å². The zero-order valence-electron chi connectivity index (χ0n) is 10.1. The second-order valence-corrected chi connectivity index (χ2v) is 3.92. The van der Waals surface area contributed by atoms with Crippen molar-refractivity contribution in [3.8, 4) is 0 Å². The third-order valence-electron chi connectivity index (χ3n) is 2.40. The molecule has 0 unspecified atom stereocenters. The van der Waals surface area contributed by atoms with Crippen LogP contribution < -0.4 is 16.4 Å². The first-order chi connectivity index (χ1) is 7.56. The fourth-order valence-electron chi connectivity index (χ4n) is 1.46. The number of pyridine rings is 1. The average Bonchev–Trinajstić information content (AvgIpc) is 2.23.